The molecule has 1 aromatic rings. The summed E-state index contributed by atoms with van der Waals surface area (Å²) in [5.74, 6) is 1.82. The van der Waals surface area contributed by atoms with E-state index < -0.39 is 0 Å². The Morgan fingerprint density at radius 2 is 2.11 bits per heavy atom. The van der Waals surface area contributed by atoms with E-state index in [9.17, 15) is 0 Å². The lowest BCUT2D eigenvalue weighted by Gasteiger charge is -2.33. The van der Waals surface area contributed by atoms with E-state index in [2.05, 4.69) is 30.5 Å². The highest BCUT2D eigenvalue weighted by Gasteiger charge is 2.25. The van der Waals surface area contributed by atoms with Gasteiger partial charge in [-0.1, -0.05) is 26.7 Å². The molecule has 19 heavy (non-hydrogen) atoms. The summed E-state index contributed by atoms with van der Waals surface area (Å²) in [4.78, 5) is 0. The average Bonchev–Trinajstić information content (AvgIpc) is 2.81. The lowest BCUT2D eigenvalue weighted by atomic mass is 9.78. The van der Waals surface area contributed by atoms with E-state index in [1.807, 2.05) is 17.9 Å². The monoisotopic (exact) mass is 263 g/mol. The summed E-state index contributed by atoms with van der Waals surface area (Å²) < 4.78 is 1.90. The second kappa shape index (κ2) is 7.09. The van der Waals surface area contributed by atoms with Gasteiger partial charge in [0.25, 0.3) is 0 Å². The van der Waals surface area contributed by atoms with Gasteiger partial charge in [-0.15, -0.1) is 0 Å². The van der Waals surface area contributed by atoms with Crippen LogP contribution in [0.4, 0.5) is 0 Å². The van der Waals surface area contributed by atoms with E-state index >= 15 is 0 Å². The number of hydrogen-bond acceptors (Lipinski definition) is 2. The highest BCUT2D eigenvalue weighted by Crippen LogP contribution is 2.31. The molecule has 2 rings (SSSR count). The number of hydrogen-bond donors (Lipinski definition) is 1. The fraction of sp³-hybridized carbons (Fsp3) is 0.812. The smallest absolute Gasteiger partial charge is 0.0521 e. The van der Waals surface area contributed by atoms with Gasteiger partial charge in [0.1, 0.15) is 0 Å². The Morgan fingerprint density at radius 3 is 2.68 bits per heavy atom. The third-order valence-corrected chi connectivity index (χ3v) is 4.60. The van der Waals surface area contributed by atoms with Gasteiger partial charge in [-0.3, -0.25) is 4.68 Å². The Balaban J connectivity index is 1.85. The lowest BCUT2D eigenvalue weighted by molar-refractivity contribution is 0.224. The molecule has 3 nitrogen and oxygen atoms in total. The molecule has 0 spiro atoms. The van der Waals surface area contributed by atoms with E-state index in [0.29, 0.717) is 6.04 Å². The van der Waals surface area contributed by atoms with Crippen molar-refractivity contribution in [1.82, 2.24) is 15.1 Å². The predicted molar refractivity (Wildman–Crippen MR) is 80.1 cm³/mol. The predicted octanol–water partition coefficient (Wildman–Crippen LogP) is 3.16. The van der Waals surface area contributed by atoms with Gasteiger partial charge in [0.05, 0.1) is 6.20 Å². The topological polar surface area (TPSA) is 29.9 Å². The zero-order valence-electron chi connectivity index (χ0n) is 12.7. The number of rotatable bonds is 6. The molecular formula is C16H29N3. The number of nitrogens with zero attached hydrogens (tertiary/aromatic N) is 2. The molecule has 0 saturated heterocycles. The minimum absolute atomic E-state index is 0.692. The quantitative estimate of drug-likeness (QED) is 0.854. The van der Waals surface area contributed by atoms with Gasteiger partial charge in [0.15, 0.2) is 0 Å². The standard InChI is InChI=1S/C16H29N3/c1-4-17-16(15-8-5-13(2)6-9-15)10-7-14-11-18-19(3)12-14/h11-13,15-17H,4-10H2,1-3H3. The first-order valence-electron chi connectivity index (χ1n) is 7.90. The van der Waals surface area contributed by atoms with Crippen molar-refractivity contribution in [3.8, 4) is 0 Å². The van der Waals surface area contributed by atoms with Crippen LogP contribution in [0.3, 0.4) is 0 Å². The molecule has 108 valence electrons. The van der Waals surface area contributed by atoms with Crippen LogP contribution in [0.25, 0.3) is 0 Å². The van der Waals surface area contributed by atoms with Crippen LogP contribution in [0.15, 0.2) is 12.4 Å². The normalized spacial score (nSPS) is 25.4. The summed E-state index contributed by atoms with van der Waals surface area (Å²) in [6, 6.07) is 0.692. The van der Waals surface area contributed by atoms with Gasteiger partial charge in [-0.2, -0.15) is 5.10 Å². The van der Waals surface area contributed by atoms with Gasteiger partial charge in [0.2, 0.25) is 0 Å². The van der Waals surface area contributed by atoms with Crippen LogP contribution in [0, 0.1) is 11.8 Å². The first-order valence-corrected chi connectivity index (χ1v) is 7.90. The van der Waals surface area contributed by atoms with Crippen LogP contribution in [-0.4, -0.2) is 22.4 Å². The maximum Gasteiger partial charge on any atom is 0.0521 e. The minimum atomic E-state index is 0.692. The van der Waals surface area contributed by atoms with Crippen LogP contribution < -0.4 is 5.32 Å². The highest BCUT2D eigenvalue weighted by atomic mass is 15.2. The molecule has 1 N–H and O–H groups in total. The Hall–Kier alpha value is -0.830. The Kier molecular flexibility index (Phi) is 5.44. The summed E-state index contributed by atoms with van der Waals surface area (Å²) in [6.07, 6.45) is 12.2. The second-order valence-electron chi connectivity index (χ2n) is 6.25. The Bertz CT molecular complexity index is 364. The van der Waals surface area contributed by atoms with Crippen LogP contribution in [0.1, 0.15) is 51.5 Å². The van der Waals surface area contributed by atoms with Crippen LogP contribution in [0.5, 0.6) is 0 Å². The molecule has 1 aliphatic rings. The maximum absolute atomic E-state index is 4.26. The van der Waals surface area contributed by atoms with Gasteiger partial charge in [0, 0.05) is 19.3 Å². The average molecular weight is 263 g/mol. The van der Waals surface area contributed by atoms with E-state index in [1.165, 1.54) is 37.7 Å². The first-order chi connectivity index (χ1) is 9.19. The number of aryl methyl sites for hydroxylation is 2. The van der Waals surface area contributed by atoms with Crippen LogP contribution in [-0.2, 0) is 13.5 Å². The third-order valence-electron chi connectivity index (χ3n) is 4.60. The molecular weight excluding hydrogens is 234 g/mol. The Morgan fingerprint density at radius 1 is 1.37 bits per heavy atom. The van der Waals surface area contributed by atoms with Crippen molar-refractivity contribution in [3.63, 3.8) is 0 Å². The van der Waals surface area contributed by atoms with Crippen LogP contribution in [0.2, 0.25) is 0 Å². The summed E-state index contributed by atoms with van der Waals surface area (Å²) >= 11 is 0. The van der Waals surface area contributed by atoms with Crippen molar-refractivity contribution in [3.05, 3.63) is 18.0 Å². The molecule has 3 heteroatoms. The summed E-state index contributed by atoms with van der Waals surface area (Å²) in [6.45, 7) is 5.71. The molecule has 1 unspecified atom stereocenters. The fourth-order valence-corrected chi connectivity index (χ4v) is 3.38. The zero-order chi connectivity index (χ0) is 13.7. The van der Waals surface area contributed by atoms with Gasteiger partial charge < -0.3 is 5.32 Å². The molecule has 0 radical (unpaired) electrons. The number of aromatic nitrogens is 2. The van der Waals surface area contributed by atoms with Crippen molar-refractivity contribution < 1.29 is 0 Å². The largest absolute Gasteiger partial charge is 0.314 e. The van der Waals surface area contributed by atoms with Crippen molar-refractivity contribution in [1.29, 1.82) is 0 Å². The molecule has 1 heterocycles. The summed E-state index contributed by atoms with van der Waals surface area (Å²) in [5, 5.41) is 7.98. The lowest BCUT2D eigenvalue weighted by Crippen LogP contribution is -2.38. The molecule has 0 amide bonds. The fourth-order valence-electron chi connectivity index (χ4n) is 3.38. The SMILES string of the molecule is CCNC(CCc1cnn(C)c1)C1CCC(C)CC1. The molecule has 0 aliphatic heterocycles. The number of nitrogens with one attached hydrogen (secondary N) is 1. The zero-order valence-corrected chi connectivity index (χ0v) is 12.7. The van der Waals surface area contributed by atoms with E-state index in [-0.39, 0.29) is 0 Å². The second-order valence-corrected chi connectivity index (χ2v) is 6.25. The van der Waals surface area contributed by atoms with Crippen molar-refractivity contribution in [2.75, 3.05) is 6.54 Å². The molecule has 1 atom stereocenters. The van der Waals surface area contributed by atoms with E-state index in [1.54, 1.807) is 0 Å². The third kappa shape index (κ3) is 4.34. The minimum Gasteiger partial charge on any atom is -0.314 e. The maximum atomic E-state index is 4.26. The highest BCUT2D eigenvalue weighted by molar-refractivity contribution is 5.04. The van der Waals surface area contributed by atoms with Crippen molar-refractivity contribution in [2.45, 2.75) is 58.4 Å². The van der Waals surface area contributed by atoms with Crippen molar-refractivity contribution in [2.24, 2.45) is 18.9 Å². The van der Waals surface area contributed by atoms with Crippen LogP contribution >= 0.6 is 0 Å². The van der Waals surface area contributed by atoms with Gasteiger partial charge in [-0.25, -0.2) is 0 Å². The van der Waals surface area contributed by atoms with E-state index in [0.717, 1.165) is 24.8 Å². The van der Waals surface area contributed by atoms with Gasteiger partial charge >= 0.3 is 0 Å². The molecule has 1 fully saturated rings. The first kappa shape index (κ1) is 14.6. The molecule has 1 saturated carbocycles. The summed E-state index contributed by atoms with van der Waals surface area (Å²) in [5.41, 5.74) is 1.37. The molecule has 0 bridgehead atoms. The molecule has 1 aromatic heterocycles. The van der Waals surface area contributed by atoms with Gasteiger partial charge in [-0.05, 0) is 49.6 Å². The molecule has 0 aromatic carbocycles. The summed E-state index contributed by atoms with van der Waals surface area (Å²) in [7, 11) is 1.99. The molecule has 1 aliphatic carbocycles. The Labute approximate surface area is 117 Å². The van der Waals surface area contributed by atoms with E-state index in [4.69, 9.17) is 0 Å². The van der Waals surface area contributed by atoms with Crippen molar-refractivity contribution >= 4 is 0 Å².